The molecule has 18 heavy (non-hydrogen) atoms. The first-order valence-electron chi connectivity index (χ1n) is 5.35. The molecule has 0 spiro atoms. The number of carbonyl (C=O) groups excluding carboxylic acids is 2. The van der Waals surface area contributed by atoms with Gasteiger partial charge in [0.25, 0.3) is 0 Å². The molecule has 7 heteroatoms. The number of hydrogen-bond donors (Lipinski definition) is 2. The van der Waals surface area contributed by atoms with Crippen molar-refractivity contribution in [1.82, 2.24) is 0 Å². The number of rotatable bonds is 5. The predicted molar refractivity (Wildman–Crippen MR) is 61.6 cm³/mol. The standard InChI is InChI=1S/C11H19NO6/c1-10(2,3)18-9(16)11(12,8(14)15)6-5-7(13)17-4/h5-6,12H2,1-4H3,(H,14,15)/t11-/m0/s1. The summed E-state index contributed by atoms with van der Waals surface area (Å²) >= 11 is 0. The molecule has 0 aromatic rings. The lowest BCUT2D eigenvalue weighted by atomic mass is 9.94. The summed E-state index contributed by atoms with van der Waals surface area (Å²) in [5.74, 6) is -3.26. The van der Waals surface area contributed by atoms with Crippen molar-refractivity contribution < 1.29 is 29.0 Å². The number of carbonyl (C=O) groups is 3. The Hall–Kier alpha value is -1.63. The zero-order valence-electron chi connectivity index (χ0n) is 11.0. The highest BCUT2D eigenvalue weighted by Crippen LogP contribution is 2.18. The first-order valence-corrected chi connectivity index (χ1v) is 5.35. The van der Waals surface area contributed by atoms with E-state index in [9.17, 15) is 14.4 Å². The van der Waals surface area contributed by atoms with E-state index < -0.39 is 29.0 Å². The molecular formula is C11H19NO6. The molecule has 0 aromatic heterocycles. The van der Waals surface area contributed by atoms with Gasteiger partial charge in [-0.05, 0) is 27.2 Å². The Morgan fingerprint density at radius 1 is 1.22 bits per heavy atom. The third kappa shape index (κ3) is 4.70. The summed E-state index contributed by atoms with van der Waals surface area (Å²) < 4.78 is 9.30. The molecule has 0 fully saturated rings. The zero-order valence-corrected chi connectivity index (χ0v) is 11.0. The smallest absolute Gasteiger partial charge is 0.338 e. The van der Waals surface area contributed by atoms with Gasteiger partial charge in [0.05, 0.1) is 7.11 Å². The van der Waals surface area contributed by atoms with E-state index in [2.05, 4.69) is 4.74 Å². The molecule has 0 heterocycles. The van der Waals surface area contributed by atoms with E-state index in [-0.39, 0.29) is 12.8 Å². The summed E-state index contributed by atoms with van der Waals surface area (Å²) in [6, 6.07) is 0. The van der Waals surface area contributed by atoms with E-state index in [1.165, 1.54) is 0 Å². The highest BCUT2D eigenvalue weighted by Gasteiger charge is 2.45. The normalized spacial score (nSPS) is 14.5. The van der Waals surface area contributed by atoms with Crippen LogP contribution in [0.4, 0.5) is 0 Å². The molecule has 7 nitrogen and oxygen atoms in total. The molecule has 0 amide bonds. The van der Waals surface area contributed by atoms with Gasteiger partial charge in [0.15, 0.2) is 0 Å². The lowest BCUT2D eigenvalue weighted by molar-refractivity contribution is -0.169. The average molecular weight is 261 g/mol. The Kier molecular flexibility index (Phi) is 5.29. The average Bonchev–Trinajstić information content (AvgIpc) is 2.22. The number of hydrogen-bond acceptors (Lipinski definition) is 6. The van der Waals surface area contributed by atoms with Gasteiger partial charge in [0, 0.05) is 6.42 Å². The van der Waals surface area contributed by atoms with Crippen LogP contribution in [0.3, 0.4) is 0 Å². The molecule has 104 valence electrons. The maximum Gasteiger partial charge on any atom is 0.338 e. The van der Waals surface area contributed by atoms with Crippen molar-refractivity contribution in [1.29, 1.82) is 0 Å². The van der Waals surface area contributed by atoms with Crippen molar-refractivity contribution in [3.63, 3.8) is 0 Å². The fourth-order valence-corrected chi connectivity index (χ4v) is 1.07. The van der Waals surface area contributed by atoms with Crippen molar-refractivity contribution in [2.75, 3.05) is 7.11 Å². The highest BCUT2D eigenvalue weighted by molar-refractivity contribution is 6.04. The summed E-state index contributed by atoms with van der Waals surface area (Å²) in [4.78, 5) is 33.8. The molecule has 3 N–H and O–H groups in total. The molecular weight excluding hydrogens is 242 g/mol. The van der Waals surface area contributed by atoms with Crippen LogP contribution in [-0.2, 0) is 23.9 Å². The van der Waals surface area contributed by atoms with Gasteiger partial charge in [-0.3, -0.25) is 4.79 Å². The minimum Gasteiger partial charge on any atom is -0.479 e. The van der Waals surface area contributed by atoms with Crippen molar-refractivity contribution >= 4 is 17.9 Å². The summed E-state index contributed by atoms with van der Waals surface area (Å²) in [7, 11) is 1.16. The summed E-state index contributed by atoms with van der Waals surface area (Å²) in [5, 5.41) is 9.01. The lowest BCUT2D eigenvalue weighted by Crippen LogP contribution is -2.57. The molecule has 0 saturated carbocycles. The van der Waals surface area contributed by atoms with Gasteiger partial charge in [0.1, 0.15) is 5.60 Å². The quantitative estimate of drug-likeness (QED) is 0.531. The maximum atomic E-state index is 11.7. The molecule has 0 aromatic carbocycles. The monoisotopic (exact) mass is 261 g/mol. The number of carboxylic acid groups (broad SMARTS) is 1. The Bertz CT molecular complexity index is 346. The van der Waals surface area contributed by atoms with Gasteiger partial charge in [0.2, 0.25) is 5.54 Å². The van der Waals surface area contributed by atoms with E-state index >= 15 is 0 Å². The van der Waals surface area contributed by atoms with Crippen LogP contribution in [0.1, 0.15) is 33.6 Å². The van der Waals surface area contributed by atoms with Crippen LogP contribution in [0.2, 0.25) is 0 Å². The second-order valence-electron chi connectivity index (χ2n) is 4.85. The van der Waals surface area contributed by atoms with Gasteiger partial charge in [-0.15, -0.1) is 0 Å². The van der Waals surface area contributed by atoms with E-state index in [0.29, 0.717) is 0 Å². The summed E-state index contributed by atoms with van der Waals surface area (Å²) in [6.07, 6.45) is -0.664. The Balaban J connectivity index is 4.87. The van der Waals surface area contributed by atoms with Gasteiger partial charge in [-0.25, -0.2) is 9.59 Å². The van der Waals surface area contributed by atoms with E-state index in [0.717, 1.165) is 7.11 Å². The van der Waals surface area contributed by atoms with E-state index in [1.807, 2.05) is 0 Å². The van der Waals surface area contributed by atoms with Gasteiger partial charge >= 0.3 is 17.9 Å². The van der Waals surface area contributed by atoms with Crippen LogP contribution >= 0.6 is 0 Å². The number of carboxylic acids is 1. The van der Waals surface area contributed by atoms with Crippen LogP contribution < -0.4 is 5.73 Å². The molecule has 0 radical (unpaired) electrons. The number of methoxy groups -OCH3 is 1. The Morgan fingerprint density at radius 3 is 2.06 bits per heavy atom. The van der Waals surface area contributed by atoms with Crippen LogP contribution in [0.5, 0.6) is 0 Å². The minimum absolute atomic E-state index is 0.279. The maximum absolute atomic E-state index is 11.7. The van der Waals surface area contributed by atoms with Gasteiger partial charge in [-0.2, -0.15) is 0 Å². The molecule has 0 unspecified atom stereocenters. The molecule has 0 aliphatic carbocycles. The molecule has 0 saturated heterocycles. The highest BCUT2D eigenvalue weighted by atomic mass is 16.6. The second-order valence-corrected chi connectivity index (χ2v) is 4.85. The fraction of sp³-hybridized carbons (Fsp3) is 0.727. The SMILES string of the molecule is COC(=O)CC[C@](N)(C(=O)O)C(=O)OC(C)(C)C. The van der Waals surface area contributed by atoms with Crippen LogP contribution in [-0.4, -0.2) is 41.3 Å². The summed E-state index contributed by atoms with van der Waals surface area (Å²) in [5.41, 5.74) is 2.41. The summed E-state index contributed by atoms with van der Waals surface area (Å²) in [6.45, 7) is 4.77. The molecule has 0 aliphatic heterocycles. The van der Waals surface area contributed by atoms with Crippen LogP contribution in [0, 0.1) is 0 Å². The Labute approximate surface area is 105 Å². The predicted octanol–water partition coefficient (Wildman–Crippen LogP) is 0.0634. The minimum atomic E-state index is -2.25. The van der Waals surface area contributed by atoms with Crippen LogP contribution in [0.15, 0.2) is 0 Å². The molecule has 0 bridgehead atoms. The van der Waals surface area contributed by atoms with Gasteiger partial charge < -0.3 is 20.3 Å². The van der Waals surface area contributed by atoms with Crippen molar-refractivity contribution in [2.24, 2.45) is 5.73 Å². The van der Waals surface area contributed by atoms with Crippen molar-refractivity contribution in [3.05, 3.63) is 0 Å². The topological polar surface area (TPSA) is 116 Å². The second kappa shape index (κ2) is 5.81. The first-order chi connectivity index (χ1) is 8.03. The third-order valence-corrected chi connectivity index (χ3v) is 2.10. The van der Waals surface area contributed by atoms with E-state index in [1.54, 1.807) is 20.8 Å². The Morgan fingerprint density at radius 2 is 1.72 bits per heavy atom. The number of nitrogens with two attached hydrogens (primary N) is 1. The van der Waals surface area contributed by atoms with E-state index in [4.69, 9.17) is 15.6 Å². The third-order valence-electron chi connectivity index (χ3n) is 2.10. The van der Waals surface area contributed by atoms with Crippen LogP contribution in [0.25, 0.3) is 0 Å². The molecule has 1 atom stereocenters. The molecule has 0 rings (SSSR count). The number of esters is 2. The zero-order chi connectivity index (χ0) is 14.6. The molecule has 0 aliphatic rings. The largest absolute Gasteiger partial charge is 0.479 e. The first kappa shape index (κ1) is 16.4. The van der Waals surface area contributed by atoms with Gasteiger partial charge in [-0.1, -0.05) is 0 Å². The number of aliphatic carboxylic acids is 1. The van der Waals surface area contributed by atoms with Crippen molar-refractivity contribution in [3.8, 4) is 0 Å². The van der Waals surface area contributed by atoms with Crippen molar-refractivity contribution in [2.45, 2.75) is 44.8 Å². The fourth-order valence-electron chi connectivity index (χ4n) is 1.07. The lowest BCUT2D eigenvalue weighted by Gasteiger charge is -2.27. The number of ether oxygens (including phenoxy) is 2.